The number of thiazole rings is 1. The fourth-order valence-corrected chi connectivity index (χ4v) is 3.36. The Hall–Kier alpha value is -2.47. The van der Waals surface area contributed by atoms with E-state index >= 15 is 0 Å². The van der Waals surface area contributed by atoms with E-state index < -0.39 is 0 Å². The van der Waals surface area contributed by atoms with E-state index in [0.717, 1.165) is 12.8 Å². The molecular formula is C18H19N3O2S. The zero-order valence-electron chi connectivity index (χ0n) is 13.7. The molecule has 0 aliphatic rings. The van der Waals surface area contributed by atoms with Crippen molar-refractivity contribution in [2.45, 2.75) is 26.7 Å². The van der Waals surface area contributed by atoms with Gasteiger partial charge in [-0.2, -0.15) is 0 Å². The molecule has 2 heterocycles. The predicted molar refractivity (Wildman–Crippen MR) is 95.9 cm³/mol. The molecule has 1 amide bonds. The van der Waals surface area contributed by atoms with Crippen molar-refractivity contribution in [2.75, 3.05) is 6.54 Å². The van der Waals surface area contributed by atoms with Crippen LogP contribution in [0.25, 0.3) is 4.96 Å². The van der Waals surface area contributed by atoms with Gasteiger partial charge >= 0.3 is 0 Å². The van der Waals surface area contributed by atoms with Crippen LogP contribution in [-0.4, -0.2) is 21.8 Å². The normalized spacial score (nSPS) is 10.9. The first kappa shape index (κ1) is 16.4. The van der Waals surface area contributed by atoms with Crippen LogP contribution in [0.4, 0.5) is 0 Å². The van der Waals surface area contributed by atoms with E-state index in [0.29, 0.717) is 11.5 Å². The maximum Gasteiger partial charge on any atom is 0.271 e. The van der Waals surface area contributed by atoms with E-state index in [2.05, 4.69) is 42.3 Å². The Morgan fingerprint density at radius 3 is 2.96 bits per heavy atom. The molecule has 0 saturated carbocycles. The van der Waals surface area contributed by atoms with Gasteiger partial charge in [0.1, 0.15) is 5.56 Å². The lowest BCUT2D eigenvalue weighted by Crippen LogP contribution is -2.31. The molecule has 1 aromatic carbocycles. The first-order valence-electron chi connectivity index (χ1n) is 7.85. The molecule has 0 fully saturated rings. The standard InChI is InChI=1S/C18H19N3O2S/c1-12-5-6-14(13(2)10-12)4-3-7-19-16(22)15-11-20-18-21(17(15)23)8-9-24-18/h5-6,8-11H,3-4,7H2,1-2H3,(H,19,22). The highest BCUT2D eigenvalue weighted by Gasteiger charge is 2.13. The van der Waals surface area contributed by atoms with Crippen LogP contribution in [0, 0.1) is 13.8 Å². The molecule has 0 radical (unpaired) electrons. The van der Waals surface area contributed by atoms with Crippen molar-refractivity contribution >= 4 is 22.2 Å². The van der Waals surface area contributed by atoms with Crippen molar-refractivity contribution in [1.29, 1.82) is 0 Å². The highest BCUT2D eigenvalue weighted by molar-refractivity contribution is 7.15. The lowest BCUT2D eigenvalue weighted by atomic mass is 10.0. The van der Waals surface area contributed by atoms with Crippen molar-refractivity contribution in [3.05, 3.63) is 68.6 Å². The molecule has 6 heteroatoms. The van der Waals surface area contributed by atoms with Gasteiger partial charge in [0.2, 0.25) is 0 Å². The molecule has 0 saturated heterocycles. The van der Waals surface area contributed by atoms with Gasteiger partial charge in [0.25, 0.3) is 11.5 Å². The maximum absolute atomic E-state index is 12.2. The number of carbonyl (C=O) groups excluding carboxylic acids is 1. The topological polar surface area (TPSA) is 63.5 Å². The van der Waals surface area contributed by atoms with Crippen LogP contribution >= 0.6 is 11.3 Å². The molecule has 0 unspecified atom stereocenters. The van der Waals surface area contributed by atoms with Crippen LogP contribution in [-0.2, 0) is 6.42 Å². The summed E-state index contributed by atoms with van der Waals surface area (Å²) in [4.78, 5) is 29.2. The Labute approximate surface area is 144 Å². The van der Waals surface area contributed by atoms with Crippen LogP contribution in [0.1, 0.15) is 33.5 Å². The van der Waals surface area contributed by atoms with E-state index in [9.17, 15) is 9.59 Å². The third kappa shape index (κ3) is 3.38. The fourth-order valence-electron chi connectivity index (χ4n) is 2.68. The monoisotopic (exact) mass is 341 g/mol. The number of benzene rings is 1. The highest BCUT2D eigenvalue weighted by Crippen LogP contribution is 2.12. The van der Waals surface area contributed by atoms with Gasteiger partial charge in [-0.15, -0.1) is 11.3 Å². The Kier molecular flexibility index (Phi) is 4.76. The number of rotatable bonds is 5. The second kappa shape index (κ2) is 6.97. The fraction of sp³-hybridized carbons (Fsp3) is 0.278. The smallest absolute Gasteiger partial charge is 0.271 e. The number of carbonyl (C=O) groups is 1. The van der Waals surface area contributed by atoms with E-state index in [1.807, 2.05) is 0 Å². The average Bonchev–Trinajstić information content (AvgIpc) is 3.03. The van der Waals surface area contributed by atoms with Crippen molar-refractivity contribution in [3.63, 3.8) is 0 Å². The third-order valence-corrected chi connectivity index (χ3v) is 4.76. The van der Waals surface area contributed by atoms with Gasteiger partial charge in [0, 0.05) is 24.3 Å². The Balaban J connectivity index is 1.59. The first-order chi connectivity index (χ1) is 11.6. The minimum atomic E-state index is -0.367. The van der Waals surface area contributed by atoms with Crippen LogP contribution < -0.4 is 10.9 Å². The lowest BCUT2D eigenvalue weighted by Gasteiger charge is -2.08. The minimum absolute atomic E-state index is 0.0809. The quantitative estimate of drug-likeness (QED) is 0.726. The molecule has 5 nitrogen and oxygen atoms in total. The van der Waals surface area contributed by atoms with E-state index in [4.69, 9.17) is 0 Å². The molecule has 1 N–H and O–H groups in total. The summed E-state index contributed by atoms with van der Waals surface area (Å²) in [6.45, 7) is 4.70. The Morgan fingerprint density at radius 1 is 1.33 bits per heavy atom. The van der Waals surface area contributed by atoms with Gasteiger partial charge in [0.15, 0.2) is 4.96 Å². The summed E-state index contributed by atoms with van der Waals surface area (Å²) in [5, 5.41) is 4.58. The number of aromatic nitrogens is 2. The van der Waals surface area contributed by atoms with E-state index in [-0.39, 0.29) is 17.0 Å². The lowest BCUT2D eigenvalue weighted by molar-refractivity contribution is 0.0951. The third-order valence-electron chi connectivity index (χ3n) is 3.99. The van der Waals surface area contributed by atoms with Gasteiger partial charge in [-0.3, -0.25) is 14.0 Å². The Bertz CT molecular complexity index is 943. The maximum atomic E-state index is 12.2. The molecule has 2 aromatic heterocycles. The summed E-state index contributed by atoms with van der Waals surface area (Å²) >= 11 is 1.36. The van der Waals surface area contributed by atoms with Crippen LogP contribution in [0.15, 0.2) is 40.8 Å². The van der Waals surface area contributed by atoms with Crippen molar-refractivity contribution < 1.29 is 4.79 Å². The summed E-state index contributed by atoms with van der Waals surface area (Å²) in [7, 11) is 0. The molecule has 0 bridgehead atoms. The second-order valence-electron chi connectivity index (χ2n) is 5.82. The van der Waals surface area contributed by atoms with Crippen molar-refractivity contribution in [1.82, 2.24) is 14.7 Å². The number of aryl methyl sites for hydroxylation is 3. The summed E-state index contributed by atoms with van der Waals surface area (Å²) < 4.78 is 1.40. The summed E-state index contributed by atoms with van der Waals surface area (Å²) in [5.41, 5.74) is 3.56. The number of hydrogen-bond acceptors (Lipinski definition) is 4. The zero-order chi connectivity index (χ0) is 17.1. The Morgan fingerprint density at radius 2 is 2.17 bits per heavy atom. The van der Waals surface area contributed by atoms with Gasteiger partial charge in [0.05, 0.1) is 0 Å². The van der Waals surface area contributed by atoms with E-state index in [1.54, 1.807) is 11.6 Å². The van der Waals surface area contributed by atoms with Gasteiger partial charge in [-0.25, -0.2) is 4.98 Å². The highest BCUT2D eigenvalue weighted by atomic mass is 32.1. The van der Waals surface area contributed by atoms with Gasteiger partial charge in [-0.1, -0.05) is 23.8 Å². The van der Waals surface area contributed by atoms with Crippen LogP contribution in [0.2, 0.25) is 0 Å². The first-order valence-corrected chi connectivity index (χ1v) is 8.73. The minimum Gasteiger partial charge on any atom is -0.352 e. The second-order valence-corrected chi connectivity index (χ2v) is 6.70. The average molecular weight is 341 g/mol. The van der Waals surface area contributed by atoms with E-state index in [1.165, 1.54) is 38.6 Å². The summed E-state index contributed by atoms with van der Waals surface area (Å²) in [6.07, 6.45) is 4.71. The SMILES string of the molecule is Cc1ccc(CCCNC(=O)c2cnc3sccn3c2=O)c(C)c1. The number of nitrogens with zero attached hydrogens (tertiary/aromatic N) is 2. The van der Waals surface area contributed by atoms with Crippen LogP contribution in [0.5, 0.6) is 0 Å². The number of hydrogen-bond donors (Lipinski definition) is 1. The molecular weight excluding hydrogens is 322 g/mol. The number of fused-ring (bicyclic) bond motifs is 1. The molecule has 3 aromatic rings. The zero-order valence-corrected chi connectivity index (χ0v) is 14.5. The van der Waals surface area contributed by atoms with Crippen molar-refractivity contribution in [2.24, 2.45) is 0 Å². The molecule has 24 heavy (non-hydrogen) atoms. The predicted octanol–water partition coefficient (Wildman–Crippen LogP) is 2.74. The van der Waals surface area contributed by atoms with Gasteiger partial charge in [-0.05, 0) is 37.8 Å². The largest absolute Gasteiger partial charge is 0.352 e. The van der Waals surface area contributed by atoms with Crippen LogP contribution in [0.3, 0.4) is 0 Å². The summed E-state index contributed by atoms with van der Waals surface area (Å²) in [6, 6.07) is 6.40. The molecule has 0 aliphatic heterocycles. The molecule has 124 valence electrons. The van der Waals surface area contributed by atoms with Crippen molar-refractivity contribution in [3.8, 4) is 0 Å². The summed E-state index contributed by atoms with van der Waals surface area (Å²) in [5.74, 6) is -0.367. The number of amides is 1. The molecule has 0 aliphatic carbocycles. The molecule has 3 rings (SSSR count). The molecule has 0 spiro atoms. The van der Waals surface area contributed by atoms with Gasteiger partial charge < -0.3 is 5.32 Å². The number of nitrogens with one attached hydrogen (secondary N) is 1. The molecule has 0 atom stereocenters.